The highest BCUT2D eigenvalue weighted by Crippen LogP contribution is 2.69. The first-order valence-corrected chi connectivity index (χ1v) is 13.9. The number of nitrogens with one attached hydrogen (secondary N) is 2. The fourth-order valence-electron chi connectivity index (χ4n) is 6.60. The van der Waals surface area contributed by atoms with Gasteiger partial charge in [-0.15, -0.1) is 13.2 Å². The summed E-state index contributed by atoms with van der Waals surface area (Å²) in [5, 5.41) is 4.81. The number of imide groups is 1. The second kappa shape index (κ2) is 10.3. The fourth-order valence-corrected chi connectivity index (χ4v) is 6.60. The normalized spacial score (nSPS) is 26.0. The molecule has 1 unspecified atom stereocenters. The van der Waals surface area contributed by atoms with E-state index in [2.05, 4.69) is 15.4 Å². The van der Waals surface area contributed by atoms with Gasteiger partial charge >= 0.3 is 12.5 Å². The van der Waals surface area contributed by atoms with Crippen LogP contribution in [0.3, 0.4) is 0 Å². The largest absolute Gasteiger partial charge is 0.573 e. The number of carbonyl (C=O) groups excluding carboxylic acids is 4. The number of benzene rings is 2. The first kappa shape index (κ1) is 29.6. The Labute approximate surface area is 247 Å². The van der Waals surface area contributed by atoms with Crippen LogP contribution in [0.5, 0.6) is 5.75 Å². The average Bonchev–Trinajstić information content (AvgIpc) is 2.86. The third-order valence-electron chi connectivity index (χ3n) is 8.73. The van der Waals surface area contributed by atoms with Crippen LogP contribution in [0.4, 0.5) is 38.1 Å². The van der Waals surface area contributed by atoms with Crippen molar-refractivity contribution in [1.82, 2.24) is 10.6 Å². The lowest BCUT2D eigenvalue weighted by molar-refractivity contribution is -0.274. The highest BCUT2D eigenvalue weighted by Gasteiger charge is 2.75. The van der Waals surface area contributed by atoms with E-state index in [9.17, 15) is 41.1 Å². The van der Waals surface area contributed by atoms with Gasteiger partial charge in [0.05, 0.1) is 17.4 Å². The molecule has 2 aromatic rings. The second-order valence-electron chi connectivity index (χ2n) is 11.9. The van der Waals surface area contributed by atoms with E-state index in [0.717, 1.165) is 24.3 Å². The average molecular weight is 623 g/mol. The third kappa shape index (κ3) is 5.39. The molecule has 0 radical (unpaired) electrons. The number of anilines is 2. The number of hydrogen-bond acceptors (Lipinski definition) is 7. The molecule has 2 aliphatic heterocycles. The first-order valence-electron chi connectivity index (χ1n) is 13.9. The number of piperidine rings is 1. The number of rotatable bonds is 7. The predicted molar refractivity (Wildman–Crippen MR) is 143 cm³/mol. The zero-order valence-corrected chi connectivity index (χ0v) is 23.3. The van der Waals surface area contributed by atoms with Gasteiger partial charge < -0.3 is 24.6 Å². The molecule has 15 heteroatoms. The van der Waals surface area contributed by atoms with Gasteiger partial charge in [-0.25, -0.2) is 13.6 Å². The molecular weight excluding hydrogens is 595 g/mol. The summed E-state index contributed by atoms with van der Waals surface area (Å²) in [6.45, 7) is 0.525. The van der Waals surface area contributed by atoms with E-state index in [1.165, 1.54) is 24.1 Å². The van der Waals surface area contributed by atoms with E-state index in [1.54, 1.807) is 4.90 Å². The van der Waals surface area contributed by atoms with Crippen LogP contribution in [0, 0.1) is 17.0 Å². The molecule has 2 aromatic carbocycles. The van der Waals surface area contributed by atoms with Crippen LogP contribution >= 0.6 is 0 Å². The van der Waals surface area contributed by atoms with Gasteiger partial charge in [0.15, 0.2) is 0 Å². The molecular formula is C29H27F5N4O6. The van der Waals surface area contributed by atoms with E-state index >= 15 is 0 Å². The standard InChI is InChI=1S/C29H27F5N4O6/c1-37(16-2-4-18(5-3-16)43-29(32,33)34)25(41)27-12-28(13-27,14-27)44-26(42)35-15-10-38(11-15)17-8-20(30)23(21(31)9-17)19-6-7-22(39)36-24(19)40/h2-5,8-9,15,19H,6-7,10-14H2,1H3,(H,35,42)(H,36,39,40). The Bertz CT molecular complexity index is 1500. The van der Waals surface area contributed by atoms with Crippen LogP contribution in [0.15, 0.2) is 36.4 Å². The molecule has 2 N–H and O–H groups in total. The van der Waals surface area contributed by atoms with Gasteiger partial charge in [-0.3, -0.25) is 19.7 Å². The van der Waals surface area contributed by atoms with Crippen LogP contribution in [0.2, 0.25) is 0 Å². The van der Waals surface area contributed by atoms with Gasteiger partial charge in [0.25, 0.3) is 0 Å². The fraction of sp³-hybridized carbons (Fsp3) is 0.448. The van der Waals surface area contributed by atoms with E-state index in [4.69, 9.17) is 4.74 Å². The second-order valence-corrected chi connectivity index (χ2v) is 11.9. The van der Waals surface area contributed by atoms with Crippen molar-refractivity contribution in [2.75, 3.05) is 29.9 Å². The smallest absolute Gasteiger partial charge is 0.443 e. The highest BCUT2D eigenvalue weighted by molar-refractivity contribution is 6.01. The summed E-state index contributed by atoms with van der Waals surface area (Å²) in [6, 6.07) is 6.83. The number of alkyl halides is 3. The molecule has 44 heavy (non-hydrogen) atoms. The summed E-state index contributed by atoms with van der Waals surface area (Å²) in [5.74, 6) is -4.74. The Kier molecular flexibility index (Phi) is 6.96. The van der Waals surface area contributed by atoms with E-state index in [-0.39, 0.29) is 49.1 Å². The van der Waals surface area contributed by atoms with Gasteiger partial charge in [-0.1, -0.05) is 0 Å². The maximum Gasteiger partial charge on any atom is 0.573 e. The molecule has 3 aliphatic carbocycles. The Balaban J connectivity index is 0.964. The van der Waals surface area contributed by atoms with Crippen molar-refractivity contribution in [2.24, 2.45) is 5.41 Å². The lowest BCUT2D eigenvalue weighted by Gasteiger charge is -2.67. The molecule has 2 bridgehead atoms. The maximum atomic E-state index is 14.8. The highest BCUT2D eigenvalue weighted by atomic mass is 19.4. The van der Waals surface area contributed by atoms with E-state index in [1.807, 2.05) is 0 Å². The number of nitrogens with zero attached hydrogens (tertiary/aromatic N) is 2. The Morgan fingerprint density at radius 3 is 2.23 bits per heavy atom. The molecule has 2 saturated heterocycles. The Morgan fingerprint density at radius 2 is 1.66 bits per heavy atom. The summed E-state index contributed by atoms with van der Waals surface area (Å²) in [6.07, 6.45) is -4.53. The predicted octanol–water partition coefficient (Wildman–Crippen LogP) is 3.88. The van der Waals surface area contributed by atoms with Gasteiger partial charge in [-0.2, -0.15) is 0 Å². The van der Waals surface area contributed by atoms with Crippen molar-refractivity contribution >= 4 is 35.2 Å². The molecule has 7 rings (SSSR count). The first-order chi connectivity index (χ1) is 20.7. The minimum absolute atomic E-state index is 0.0101. The molecule has 3 saturated carbocycles. The lowest BCUT2D eigenvalue weighted by atomic mass is 9.40. The summed E-state index contributed by atoms with van der Waals surface area (Å²) in [5.41, 5.74) is -1.23. The monoisotopic (exact) mass is 622 g/mol. The minimum atomic E-state index is -4.82. The number of halogens is 5. The SMILES string of the molecule is CN(C(=O)C12CC(OC(=O)NC3CN(c4cc(F)c(C5CCC(=O)NC5=O)c(F)c4)C3)(C1)C2)c1ccc(OC(F)(F)F)cc1. The van der Waals surface area contributed by atoms with Crippen LogP contribution in [0.1, 0.15) is 43.6 Å². The van der Waals surface area contributed by atoms with Crippen molar-refractivity contribution < 1.29 is 50.6 Å². The molecule has 4 amide bonds. The van der Waals surface area contributed by atoms with Crippen LogP contribution in [-0.4, -0.2) is 62.0 Å². The van der Waals surface area contributed by atoms with Gasteiger partial charge in [0, 0.05) is 62.8 Å². The molecule has 5 aliphatic rings. The zero-order chi connectivity index (χ0) is 31.6. The quantitative estimate of drug-likeness (QED) is 0.356. The summed E-state index contributed by atoms with van der Waals surface area (Å²) in [7, 11) is 1.52. The topological polar surface area (TPSA) is 117 Å². The number of carbonyl (C=O) groups is 4. The van der Waals surface area contributed by atoms with Crippen LogP contribution in [0.25, 0.3) is 0 Å². The van der Waals surface area contributed by atoms with Crippen molar-refractivity contribution in [3.63, 3.8) is 0 Å². The van der Waals surface area contributed by atoms with Crippen molar-refractivity contribution in [3.05, 3.63) is 53.6 Å². The third-order valence-corrected chi connectivity index (χ3v) is 8.73. The van der Waals surface area contributed by atoms with Crippen LogP contribution in [-0.2, 0) is 19.1 Å². The summed E-state index contributed by atoms with van der Waals surface area (Å²) < 4.78 is 76.3. The molecule has 1 atom stereocenters. The summed E-state index contributed by atoms with van der Waals surface area (Å²) >= 11 is 0. The Hall–Kier alpha value is -4.43. The number of ether oxygens (including phenoxy) is 2. The molecule has 5 fully saturated rings. The maximum absolute atomic E-state index is 14.8. The molecule has 2 heterocycles. The summed E-state index contributed by atoms with van der Waals surface area (Å²) in [4.78, 5) is 52.1. The number of hydrogen-bond donors (Lipinski definition) is 2. The van der Waals surface area contributed by atoms with Crippen molar-refractivity contribution in [3.8, 4) is 5.75 Å². The van der Waals surface area contributed by atoms with Gasteiger partial charge in [0.1, 0.15) is 23.0 Å². The molecule has 234 valence electrons. The van der Waals surface area contributed by atoms with E-state index in [0.29, 0.717) is 24.9 Å². The molecule has 0 spiro atoms. The van der Waals surface area contributed by atoms with Gasteiger partial charge in [-0.05, 0) is 42.8 Å². The van der Waals surface area contributed by atoms with Gasteiger partial charge in [0.2, 0.25) is 17.7 Å². The molecule has 10 nitrogen and oxygen atoms in total. The Morgan fingerprint density at radius 1 is 1.05 bits per heavy atom. The lowest BCUT2D eigenvalue weighted by Crippen LogP contribution is -2.74. The molecule has 0 aromatic heterocycles. The van der Waals surface area contributed by atoms with Crippen LogP contribution < -0.4 is 25.2 Å². The van der Waals surface area contributed by atoms with Crippen molar-refractivity contribution in [2.45, 2.75) is 56.0 Å². The minimum Gasteiger partial charge on any atom is -0.443 e. The number of alkyl carbamates (subject to hydrolysis) is 1. The zero-order valence-electron chi connectivity index (χ0n) is 23.3. The van der Waals surface area contributed by atoms with E-state index < -0.39 is 58.6 Å². The van der Waals surface area contributed by atoms with Crippen molar-refractivity contribution in [1.29, 1.82) is 0 Å². The number of amides is 4.